The van der Waals surface area contributed by atoms with E-state index in [0.717, 1.165) is 32.8 Å². The number of anilines is 2. The molecule has 2 rings (SSSR count). The van der Waals surface area contributed by atoms with Crippen molar-refractivity contribution in [2.24, 2.45) is 0 Å². The lowest BCUT2D eigenvalue weighted by molar-refractivity contribution is 0.0368. The summed E-state index contributed by atoms with van der Waals surface area (Å²) in [6, 6.07) is 1.97. The Morgan fingerprint density at radius 1 is 1.53 bits per heavy atom. The van der Waals surface area contributed by atoms with Crippen LogP contribution in [0.5, 0.6) is 0 Å². The van der Waals surface area contributed by atoms with Crippen LogP contribution in [0.3, 0.4) is 0 Å². The standard InChI is InChI=1S/C11H19N5O/c1-9(8-16-4-6-17-7-5-16)14-11-13-3-2-10(12)15-11/h2-3,9H,4-8H2,1H3,(H3,12,13,14,15). The van der Waals surface area contributed by atoms with Gasteiger partial charge in [-0.05, 0) is 13.0 Å². The number of nitrogen functional groups attached to an aromatic ring is 1. The van der Waals surface area contributed by atoms with E-state index in [-0.39, 0.29) is 6.04 Å². The minimum absolute atomic E-state index is 0.287. The predicted octanol–water partition coefficient (Wildman–Crippen LogP) is 0.191. The number of morpholine rings is 1. The molecular formula is C11H19N5O. The molecule has 1 aliphatic heterocycles. The molecule has 0 bridgehead atoms. The molecule has 0 aliphatic carbocycles. The second kappa shape index (κ2) is 5.79. The summed E-state index contributed by atoms with van der Waals surface area (Å²) in [6.07, 6.45) is 1.66. The summed E-state index contributed by atoms with van der Waals surface area (Å²) in [7, 11) is 0. The Hall–Kier alpha value is -1.40. The Kier molecular flexibility index (Phi) is 4.11. The largest absolute Gasteiger partial charge is 0.384 e. The fourth-order valence-electron chi connectivity index (χ4n) is 1.88. The van der Waals surface area contributed by atoms with Gasteiger partial charge in [-0.15, -0.1) is 0 Å². The molecule has 0 saturated carbocycles. The number of ether oxygens (including phenoxy) is 1. The van der Waals surface area contributed by atoms with E-state index >= 15 is 0 Å². The lowest BCUT2D eigenvalue weighted by Gasteiger charge is -2.29. The number of nitrogens with zero attached hydrogens (tertiary/aromatic N) is 3. The van der Waals surface area contributed by atoms with Gasteiger partial charge in [0.1, 0.15) is 5.82 Å². The van der Waals surface area contributed by atoms with Gasteiger partial charge in [-0.3, -0.25) is 4.90 Å². The molecule has 6 heteroatoms. The van der Waals surface area contributed by atoms with Crippen molar-refractivity contribution in [1.29, 1.82) is 0 Å². The average Bonchev–Trinajstić information content (AvgIpc) is 2.30. The van der Waals surface area contributed by atoms with E-state index in [1.807, 2.05) is 0 Å². The molecule has 1 fully saturated rings. The Morgan fingerprint density at radius 3 is 3.00 bits per heavy atom. The normalized spacial score (nSPS) is 18.9. The van der Waals surface area contributed by atoms with Crippen LogP contribution in [-0.4, -0.2) is 53.8 Å². The highest BCUT2D eigenvalue weighted by Crippen LogP contribution is 2.05. The van der Waals surface area contributed by atoms with Crippen LogP contribution in [-0.2, 0) is 4.74 Å². The van der Waals surface area contributed by atoms with Crippen LogP contribution >= 0.6 is 0 Å². The molecule has 6 nitrogen and oxygen atoms in total. The SMILES string of the molecule is CC(CN1CCOCC1)Nc1nccc(N)n1. The molecule has 1 aromatic heterocycles. The third kappa shape index (κ3) is 3.83. The van der Waals surface area contributed by atoms with E-state index in [2.05, 4.69) is 27.1 Å². The molecule has 0 aromatic carbocycles. The molecule has 2 heterocycles. The van der Waals surface area contributed by atoms with Gasteiger partial charge in [0.25, 0.3) is 0 Å². The van der Waals surface area contributed by atoms with Gasteiger partial charge in [-0.25, -0.2) is 4.98 Å². The second-order valence-electron chi connectivity index (χ2n) is 4.26. The molecule has 1 unspecified atom stereocenters. The zero-order valence-corrected chi connectivity index (χ0v) is 10.1. The highest BCUT2D eigenvalue weighted by Gasteiger charge is 2.14. The molecular weight excluding hydrogens is 218 g/mol. The zero-order chi connectivity index (χ0) is 12.1. The van der Waals surface area contributed by atoms with E-state index in [9.17, 15) is 0 Å². The second-order valence-corrected chi connectivity index (χ2v) is 4.26. The molecule has 0 radical (unpaired) electrons. The van der Waals surface area contributed by atoms with E-state index in [1.54, 1.807) is 12.3 Å². The van der Waals surface area contributed by atoms with Crippen molar-refractivity contribution in [3.8, 4) is 0 Å². The Bertz CT molecular complexity index is 353. The van der Waals surface area contributed by atoms with Crippen LogP contribution in [0, 0.1) is 0 Å². The van der Waals surface area contributed by atoms with E-state index in [1.165, 1.54) is 0 Å². The van der Waals surface area contributed by atoms with Gasteiger partial charge < -0.3 is 15.8 Å². The Balaban J connectivity index is 1.82. The van der Waals surface area contributed by atoms with Crippen LogP contribution in [0.15, 0.2) is 12.3 Å². The highest BCUT2D eigenvalue weighted by molar-refractivity contribution is 5.35. The Morgan fingerprint density at radius 2 is 2.29 bits per heavy atom. The van der Waals surface area contributed by atoms with Crippen molar-refractivity contribution >= 4 is 11.8 Å². The average molecular weight is 237 g/mol. The Labute approximate surface area is 101 Å². The molecule has 1 aromatic rings. The van der Waals surface area contributed by atoms with Crippen LogP contribution in [0.25, 0.3) is 0 Å². The van der Waals surface area contributed by atoms with Gasteiger partial charge in [0.05, 0.1) is 13.2 Å². The van der Waals surface area contributed by atoms with Crippen molar-refractivity contribution in [2.45, 2.75) is 13.0 Å². The summed E-state index contributed by atoms with van der Waals surface area (Å²) in [5.41, 5.74) is 5.60. The predicted molar refractivity (Wildman–Crippen MR) is 66.8 cm³/mol. The highest BCUT2D eigenvalue weighted by atomic mass is 16.5. The fraction of sp³-hybridized carbons (Fsp3) is 0.636. The maximum atomic E-state index is 5.60. The minimum Gasteiger partial charge on any atom is -0.384 e. The van der Waals surface area contributed by atoms with Crippen LogP contribution in [0.2, 0.25) is 0 Å². The monoisotopic (exact) mass is 237 g/mol. The first-order valence-corrected chi connectivity index (χ1v) is 5.89. The van der Waals surface area contributed by atoms with Crippen molar-refractivity contribution in [1.82, 2.24) is 14.9 Å². The molecule has 1 aliphatic rings. The van der Waals surface area contributed by atoms with Crippen molar-refractivity contribution in [2.75, 3.05) is 43.9 Å². The summed E-state index contributed by atoms with van der Waals surface area (Å²) in [5.74, 6) is 1.08. The van der Waals surface area contributed by atoms with Gasteiger partial charge in [-0.2, -0.15) is 4.98 Å². The van der Waals surface area contributed by atoms with Crippen LogP contribution in [0.4, 0.5) is 11.8 Å². The number of aromatic nitrogens is 2. The van der Waals surface area contributed by atoms with Crippen molar-refractivity contribution < 1.29 is 4.74 Å². The summed E-state index contributed by atoms with van der Waals surface area (Å²) in [6.45, 7) is 6.69. The maximum absolute atomic E-state index is 5.60. The molecule has 17 heavy (non-hydrogen) atoms. The van der Waals surface area contributed by atoms with Gasteiger partial charge in [0.15, 0.2) is 0 Å². The van der Waals surface area contributed by atoms with Crippen molar-refractivity contribution in [3.63, 3.8) is 0 Å². The summed E-state index contributed by atoms with van der Waals surface area (Å²) in [4.78, 5) is 10.6. The van der Waals surface area contributed by atoms with Gasteiger partial charge in [-0.1, -0.05) is 0 Å². The number of hydrogen-bond acceptors (Lipinski definition) is 6. The first kappa shape index (κ1) is 12.1. The van der Waals surface area contributed by atoms with Gasteiger partial charge in [0, 0.05) is 31.9 Å². The third-order valence-electron chi connectivity index (χ3n) is 2.69. The molecule has 3 N–H and O–H groups in total. The fourth-order valence-corrected chi connectivity index (χ4v) is 1.88. The van der Waals surface area contributed by atoms with Gasteiger partial charge >= 0.3 is 0 Å². The molecule has 1 saturated heterocycles. The third-order valence-corrected chi connectivity index (χ3v) is 2.69. The van der Waals surface area contributed by atoms with Crippen molar-refractivity contribution in [3.05, 3.63) is 12.3 Å². The topological polar surface area (TPSA) is 76.3 Å². The first-order valence-electron chi connectivity index (χ1n) is 5.89. The van der Waals surface area contributed by atoms with Gasteiger partial charge in [0.2, 0.25) is 5.95 Å². The molecule has 0 spiro atoms. The molecule has 94 valence electrons. The first-order chi connectivity index (χ1) is 8.24. The summed E-state index contributed by atoms with van der Waals surface area (Å²) in [5, 5.41) is 3.25. The number of rotatable bonds is 4. The zero-order valence-electron chi connectivity index (χ0n) is 10.1. The maximum Gasteiger partial charge on any atom is 0.224 e. The number of hydrogen-bond donors (Lipinski definition) is 2. The summed E-state index contributed by atoms with van der Waals surface area (Å²) < 4.78 is 5.31. The lowest BCUT2D eigenvalue weighted by Crippen LogP contribution is -2.42. The number of nitrogens with one attached hydrogen (secondary N) is 1. The van der Waals surface area contributed by atoms with Crippen LogP contribution in [0.1, 0.15) is 6.92 Å². The van der Waals surface area contributed by atoms with E-state index in [0.29, 0.717) is 11.8 Å². The van der Waals surface area contributed by atoms with E-state index < -0.39 is 0 Å². The summed E-state index contributed by atoms with van der Waals surface area (Å²) >= 11 is 0. The smallest absolute Gasteiger partial charge is 0.224 e. The van der Waals surface area contributed by atoms with E-state index in [4.69, 9.17) is 10.5 Å². The minimum atomic E-state index is 0.287. The molecule has 0 amide bonds. The van der Waals surface area contributed by atoms with Crippen LogP contribution < -0.4 is 11.1 Å². The molecule has 1 atom stereocenters. The lowest BCUT2D eigenvalue weighted by atomic mass is 10.3. The quantitative estimate of drug-likeness (QED) is 0.778. The number of nitrogens with two attached hydrogens (primary N) is 1.